The number of nitrogens with zero attached hydrogens (tertiary/aromatic N) is 3. The maximum Gasteiger partial charge on any atom is 0.333 e. The zero-order valence-corrected chi connectivity index (χ0v) is 8.65. The highest BCUT2D eigenvalue weighted by atomic mass is 16.5. The number of benzene rings is 1. The fraction of sp³-hybridized carbons (Fsp3) is 0.300. The van der Waals surface area contributed by atoms with Crippen LogP contribution in [0, 0.1) is 0 Å². The predicted octanol–water partition coefficient (Wildman–Crippen LogP) is 2.14. The van der Waals surface area contributed by atoms with Crippen molar-refractivity contribution in [1.82, 2.24) is 0 Å². The van der Waals surface area contributed by atoms with Crippen molar-refractivity contribution in [3.05, 3.63) is 46.3 Å². The first-order chi connectivity index (χ1) is 7.70. The van der Waals surface area contributed by atoms with Gasteiger partial charge >= 0.3 is 5.97 Å². The molecule has 0 spiro atoms. The van der Waals surface area contributed by atoms with Crippen molar-refractivity contribution in [2.24, 2.45) is 5.11 Å². The molecule has 0 bridgehead atoms. The van der Waals surface area contributed by atoms with Crippen LogP contribution in [0.3, 0.4) is 0 Å². The highest BCUT2D eigenvalue weighted by Gasteiger charge is 2.28. The van der Waals surface area contributed by atoms with E-state index in [4.69, 9.17) is 15.4 Å². The average molecular weight is 221 g/mol. The van der Waals surface area contributed by atoms with Gasteiger partial charge in [0.05, 0.1) is 6.04 Å². The molecule has 0 heterocycles. The Morgan fingerprint density at radius 2 is 2.12 bits per heavy atom. The Morgan fingerprint density at radius 3 is 2.56 bits per heavy atom. The standard InChI is InChI=1S/C10H11N3O3/c1-16-9(10(14)15)8(12-13-11)7-5-3-2-4-6-7/h2-6,8-9H,1H3,(H,14,15)/t8-,9+/m1/s1. The molecule has 6 nitrogen and oxygen atoms in total. The van der Waals surface area contributed by atoms with Crippen LogP contribution in [0.15, 0.2) is 35.4 Å². The van der Waals surface area contributed by atoms with Gasteiger partial charge in [-0.2, -0.15) is 0 Å². The van der Waals surface area contributed by atoms with Crippen molar-refractivity contribution in [1.29, 1.82) is 0 Å². The molecule has 2 atom stereocenters. The van der Waals surface area contributed by atoms with Crippen LogP contribution >= 0.6 is 0 Å². The Morgan fingerprint density at radius 1 is 1.50 bits per heavy atom. The van der Waals surface area contributed by atoms with E-state index in [0.717, 1.165) is 0 Å². The first-order valence-corrected chi connectivity index (χ1v) is 4.55. The molecule has 0 aliphatic rings. The van der Waals surface area contributed by atoms with E-state index in [0.29, 0.717) is 5.56 Å². The van der Waals surface area contributed by atoms with Crippen molar-refractivity contribution in [2.75, 3.05) is 7.11 Å². The van der Waals surface area contributed by atoms with E-state index >= 15 is 0 Å². The monoisotopic (exact) mass is 221 g/mol. The molecule has 1 aromatic rings. The SMILES string of the molecule is CO[C@H](C(=O)O)[C@H](N=[N+]=[N-])c1ccccc1. The second-order valence-corrected chi connectivity index (χ2v) is 3.05. The molecule has 0 fully saturated rings. The summed E-state index contributed by atoms with van der Waals surface area (Å²) in [5.74, 6) is -1.16. The zero-order chi connectivity index (χ0) is 12.0. The number of azide groups is 1. The van der Waals surface area contributed by atoms with Crippen LogP contribution in [0.5, 0.6) is 0 Å². The van der Waals surface area contributed by atoms with Gasteiger partial charge < -0.3 is 9.84 Å². The summed E-state index contributed by atoms with van der Waals surface area (Å²) < 4.78 is 4.82. The molecule has 0 saturated carbocycles. The summed E-state index contributed by atoms with van der Waals surface area (Å²) in [6, 6.07) is 7.78. The van der Waals surface area contributed by atoms with Gasteiger partial charge in [0.25, 0.3) is 0 Å². The van der Waals surface area contributed by atoms with E-state index < -0.39 is 18.1 Å². The van der Waals surface area contributed by atoms with Crippen molar-refractivity contribution < 1.29 is 14.6 Å². The summed E-state index contributed by atoms with van der Waals surface area (Å²) in [6.45, 7) is 0. The average Bonchev–Trinajstić information content (AvgIpc) is 2.29. The quantitative estimate of drug-likeness (QED) is 0.468. The number of carboxylic acids is 1. The van der Waals surface area contributed by atoms with Crippen molar-refractivity contribution in [3.8, 4) is 0 Å². The molecule has 16 heavy (non-hydrogen) atoms. The molecule has 6 heteroatoms. The highest BCUT2D eigenvalue weighted by molar-refractivity contribution is 5.73. The van der Waals surface area contributed by atoms with Gasteiger partial charge in [-0.1, -0.05) is 35.4 Å². The van der Waals surface area contributed by atoms with Gasteiger partial charge in [-0.05, 0) is 11.1 Å². The van der Waals surface area contributed by atoms with Crippen LogP contribution in [-0.2, 0) is 9.53 Å². The second-order valence-electron chi connectivity index (χ2n) is 3.05. The smallest absolute Gasteiger partial charge is 0.333 e. The molecular formula is C10H11N3O3. The van der Waals surface area contributed by atoms with Gasteiger partial charge in [-0.15, -0.1) is 0 Å². The van der Waals surface area contributed by atoms with Gasteiger partial charge in [-0.3, -0.25) is 0 Å². The summed E-state index contributed by atoms with van der Waals surface area (Å²) in [7, 11) is 1.27. The van der Waals surface area contributed by atoms with E-state index in [1.807, 2.05) is 0 Å². The second kappa shape index (κ2) is 5.75. The first-order valence-electron chi connectivity index (χ1n) is 4.55. The number of carbonyl (C=O) groups is 1. The molecule has 0 aliphatic heterocycles. The van der Waals surface area contributed by atoms with Crippen LogP contribution < -0.4 is 0 Å². The van der Waals surface area contributed by atoms with Crippen LogP contribution in [0.4, 0.5) is 0 Å². The van der Waals surface area contributed by atoms with E-state index in [1.54, 1.807) is 30.3 Å². The molecule has 0 radical (unpaired) electrons. The maximum absolute atomic E-state index is 10.9. The molecule has 0 aromatic heterocycles. The minimum absolute atomic E-state index is 0.606. The molecule has 0 aliphatic carbocycles. The fourth-order valence-electron chi connectivity index (χ4n) is 1.37. The molecule has 0 unspecified atom stereocenters. The third-order valence-electron chi connectivity index (χ3n) is 2.10. The highest BCUT2D eigenvalue weighted by Crippen LogP contribution is 2.23. The van der Waals surface area contributed by atoms with E-state index in [9.17, 15) is 4.79 Å². The normalized spacial score (nSPS) is 13.6. The van der Waals surface area contributed by atoms with Crippen molar-refractivity contribution in [2.45, 2.75) is 12.1 Å². The Hall–Kier alpha value is -2.04. The van der Waals surface area contributed by atoms with Gasteiger partial charge in [0.15, 0.2) is 6.10 Å². The zero-order valence-electron chi connectivity index (χ0n) is 8.65. The molecule has 84 valence electrons. The summed E-state index contributed by atoms with van der Waals surface area (Å²) in [6.07, 6.45) is -1.18. The van der Waals surface area contributed by atoms with Gasteiger partial charge in [0.2, 0.25) is 0 Å². The number of rotatable bonds is 5. The minimum atomic E-state index is -1.18. The van der Waals surface area contributed by atoms with Crippen LogP contribution in [0.25, 0.3) is 10.4 Å². The lowest BCUT2D eigenvalue weighted by Gasteiger charge is -2.18. The fourth-order valence-corrected chi connectivity index (χ4v) is 1.37. The molecule has 1 N–H and O–H groups in total. The van der Waals surface area contributed by atoms with Crippen LogP contribution in [0.1, 0.15) is 11.6 Å². The molecule has 0 amide bonds. The van der Waals surface area contributed by atoms with Crippen LogP contribution in [-0.4, -0.2) is 24.3 Å². The number of hydrogen-bond acceptors (Lipinski definition) is 3. The number of aliphatic carboxylic acids is 1. The number of ether oxygens (including phenoxy) is 1. The summed E-state index contributed by atoms with van der Waals surface area (Å²) in [5, 5.41) is 12.4. The first kappa shape index (κ1) is 12.0. The molecule has 1 rings (SSSR count). The Bertz CT molecular complexity index is 401. The van der Waals surface area contributed by atoms with Gasteiger partial charge in [0.1, 0.15) is 0 Å². The van der Waals surface area contributed by atoms with Crippen LogP contribution in [0.2, 0.25) is 0 Å². The van der Waals surface area contributed by atoms with E-state index in [2.05, 4.69) is 10.0 Å². The Kier molecular flexibility index (Phi) is 4.32. The van der Waals surface area contributed by atoms with Gasteiger partial charge in [-0.25, -0.2) is 4.79 Å². The lowest BCUT2D eigenvalue weighted by atomic mass is 10.0. The largest absolute Gasteiger partial charge is 0.479 e. The Balaban J connectivity index is 3.08. The third kappa shape index (κ3) is 2.73. The maximum atomic E-state index is 10.9. The molecule has 1 aromatic carbocycles. The summed E-state index contributed by atoms with van der Waals surface area (Å²) in [4.78, 5) is 13.6. The molecule has 0 saturated heterocycles. The number of carboxylic acid groups (broad SMARTS) is 1. The van der Waals surface area contributed by atoms with E-state index in [-0.39, 0.29) is 0 Å². The minimum Gasteiger partial charge on any atom is -0.479 e. The van der Waals surface area contributed by atoms with E-state index in [1.165, 1.54) is 7.11 Å². The van der Waals surface area contributed by atoms with Crippen molar-refractivity contribution >= 4 is 5.97 Å². The lowest BCUT2D eigenvalue weighted by Crippen LogP contribution is -2.28. The molecular weight excluding hydrogens is 210 g/mol. The number of hydrogen-bond donors (Lipinski definition) is 1. The third-order valence-corrected chi connectivity index (χ3v) is 2.10. The Labute approximate surface area is 92.1 Å². The van der Waals surface area contributed by atoms with Gasteiger partial charge in [0, 0.05) is 12.0 Å². The summed E-state index contributed by atoms with van der Waals surface area (Å²) in [5.41, 5.74) is 9.04. The predicted molar refractivity (Wildman–Crippen MR) is 56.8 cm³/mol. The van der Waals surface area contributed by atoms with Crippen molar-refractivity contribution in [3.63, 3.8) is 0 Å². The topological polar surface area (TPSA) is 95.3 Å². The lowest BCUT2D eigenvalue weighted by molar-refractivity contribution is -0.149. The number of methoxy groups -OCH3 is 1. The summed E-state index contributed by atoms with van der Waals surface area (Å²) >= 11 is 0.